The Morgan fingerprint density at radius 2 is 2.00 bits per heavy atom. The number of benzene rings is 1. The van der Waals surface area contributed by atoms with Crippen LogP contribution in [0, 0.1) is 5.92 Å². The normalized spacial score (nSPS) is 25.3. The Labute approximate surface area is 115 Å². The van der Waals surface area contributed by atoms with Crippen LogP contribution in [-0.4, -0.2) is 38.3 Å². The highest BCUT2D eigenvalue weighted by Gasteiger charge is 2.31. The average molecular weight is 264 g/mol. The van der Waals surface area contributed by atoms with E-state index in [1.165, 1.54) is 5.56 Å². The fraction of sp³-hybridized carbons (Fsp3) is 0.600. The van der Waals surface area contributed by atoms with Crippen molar-refractivity contribution in [3.63, 3.8) is 0 Å². The molecule has 4 nitrogen and oxygen atoms in total. The second kappa shape index (κ2) is 5.80. The molecule has 106 valence electrons. The molecule has 1 saturated heterocycles. The second-order valence-corrected chi connectivity index (χ2v) is 5.38. The van der Waals surface area contributed by atoms with Crippen molar-refractivity contribution in [3.05, 3.63) is 23.8 Å². The molecule has 1 aromatic carbocycles. The lowest BCUT2D eigenvalue weighted by Gasteiger charge is -2.26. The zero-order chi connectivity index (χ0) is 14.0. The Bertz CT molecular complexity index is 426. The van der Waals surface area contributed by atoms with Gasteiger partial charge in [-0.1, -0.05) is 13.0 Å². The molecular formula is C15H24N2O2. The highest BCUT2D eigenvalue weighted by atomic mass is 16.5. The molecule has 3 atom stereocenters. The maximum Gasteiger partial charge on any atom is 0.127 e. The standard InChI is InChI=1S/C15H24N2O2/c1-10-8-17(9-14(10)16)11(2)13-6-5-12(18-3)7-15(13)19-4/h5-7,10-11,14H,8-9,16H2,1-4H3. The van der Waals surface area contributed by atoms with Crippen LogP contribution in [-0.2, 0) is 0 Å². The first kappa shape index (κ1) is 14.2. The summed E-state index contributed by atoms with van der Waals surface area (Å²) < 4.78 is 10.7. The van der Waals surface area contributed by atoms with Crippen LogP contribution < -0.4 is 15.2 Å². The summed E-state index contributed by atoms with van der Waals surface area (Å²) in [5.41, 5.74) is 7.29. The minimum Gasteiger partial charge on any atom is -0.497 e. The van der Waals surface area contributed by atoms with Crippen molar-refractivity contribution >= 4 is 0 Å². The molecule has 1 heterocycles. The molecule has 1 aliphatic rings. The first-order valence-corrected chi connectivity index (χ1v) is 6.78. The van der Waals surface area contributed by atoms with Crippen LogP contribution in [0.4, 0.5) is 0 Å². The van der Waals surface area contributed by atoms with Crippen LogP contribution >= 0.6 is 0 Å². The third kappa shape index (κ3) is 2.85. The SMILES string of the molecule is COc1ccc(C(C)N2CC(C)C(N)C2)c(OC)c1. The topological polar surface area (TPSA) is 47.7 Å². The maximum atomic E-state index is 6.11. The Morgan fingerprint density at radius 1 is 1.26 bits per heavy atom. The van der Waals surface area contributed by atoms with Crippen molar-refractivity contribution in [2.24, 2.45) is 11.7 Å². The lowest BCUT2D eigenvalue weighted by Crippen LogP contribution is -2.30. The summed E-state index contributed by atoms with van der Waals surface area (Å²) in [5.74, 6) is 2.24. The van der Waals surface area contributed by atoms with Gasteiger partial charge in [0.1, 0.15) is 11.5 Å². The number of ether oxygens (including phenoxy) is 2. The summed E-state index contributed by atoms with van der Waals surface area (Å²) >= 11 is 0. The van der Waals surface area contributed by atoms with Crippen molar-refractivity contribution in [2.75, 3.05) is 27.3 Å². The van der Waals surface area contributed by atoms with E-state index >= 15 is 0 Å². The number of rotatable bonds is 4. The van der Waals surface area contributed by atoms with E-state index in [4.69, 9.17) is 15.2 Å². The fourth-order valence-electron chi connectivity index (χ4n) is 2.71. The van der Waals surface area contributed by atoms with Gasteiger partial charge in [0.05, 0.1) is 14.2 Å². The molecule has 1 aliphatic heterocycles. The van der Waals surface area contributed by atoms with Gasteiger partial charge in [-0.15, -0.1) is 0 Å². The minimum atomic E-state index is 0.270. The summed E-state index contributed by atoms with van der Waals surface area (Å²) in [6.07, 6.45) is 0. The molecule has 0 aromatic heterocycles. The minimum absolute atomic E-state index is 0.270. The molecule has 1 fully saturated rings. The predicted molar refractivity (Wildman–Crippen MR) is 76.7 cm³/mol. The fourth-order valence-corrected chi connectivity index (χ4v) is 2.71. The molecule has 0 saturated carbocycles. The first-order valence-electron chi connectivity index (χ1n) is 6.78. The zero-order valence-electron chi connectivity index (χ0n) is 12.2. The zero-order valence-corrected chi connectivity index (χ0v) is 12.2. The van der Waals surface area contributed by atoms with Crippen LogP contribution in [0.25, 0.3) is 0 Å². The molecule has 1 aromatic rings. The van der Waals surface area contributed by atoms with Crippen molar-refractivity contribution < 1.29 is 9.47 Å². The quantitative estimate of drug-likeness (QED) is 0.904. The van der Waals surface area contributed by atoms with E-state index in [0.717, 1.165) is 24.6 Å². The molecule has 0 amide bonds. The monoisotopic (exact) mass is 264 g/mol. The van der Waals surface area contributed by atoms with Crippen LogP contribution in [0.3, 0.4) is 0 Å². The third-order valence-corrected chi connectivity index (χ3v) is 4.14. The van der Waals surface area contributed by atoms with Gasteiger partial charge in [-0.05, 0) is 18.9 Å². The van der Waals surface area contributed by atoms with Gasteiger partial charge in [-0.3, -0.25) is 4.90 Å². The van der Waals surface area contributed by atoms with Gasteiger partial charge < -0.3 is 15.2 Å². The number of likely N-dealkylation sites (tertiary alicyclic amines) is 1. The van der Waals surface area contributed by atoms with Gasteiger partial charge in [0.2, 0.25) is 0 Å². The molecule has 3 unspecified atom stereocenters. The Morgan fingerprint density at radius 3 is 2.53 bits per heavy atom. The number of nitrogens with zero attached hydrogens (tertiary/aromatic N) is 1. The van der Waals surface area contributed by atoms with Crippen molar-refractivity contribution in [1.29, 1.82) is 0 Å². The summed E-state index contributed by atoms with van der Waals surface area (Å²) in [5, 5.41) is 0. The molecule has 0 radical (unpaired) electrons. The van der Waals surface area contributed by atoms with E-state index in [1.807, 2.05) is 12.1 Å². The van der Waals surface area contributed by atoms with Gasteiger partial charge in [0, 0.05) is 36.8 Å². The summed E-state index contributed by atoms with van der Waals surface area (Å²) in [7, 11) is 3.36. The molecule has 2 N–H and O–H groups in total. The Balaban J connectivity index is 2.21. The van der Waals surface area contributed by atoms with Crippen LogP contribution in [0.5, 0.6) is 11.5 Å². The smallest absolute Gasteiger partial charge is 0.127 e. The molecule has 19 heavy (non-hydrogen) atoms. The number of methoxy groups -OCH3 is 2. The molecule has 0 spiro atoms. The lowest BCUT2D eigenvalue weighted by molar-refractivity contribution is 0.247. The van der Waals surface area contributed by atoms with Gasteiger partial charge >= 0.3 is 0 Å². The number of nitrogens with two attached hydrogens (primary N) is 1. The lowest BCUT2D eigenvalue weighted by atomic mass is 10.1. The Hall–Kier alpha value is -1.26. The molecule has 2 rings (SSSR count). The van der Waals surface area contributed by atoms with E-state index < -0.39 is 0 Å². The summed E-state index contributed by atoms with van der Waals surface area (Å²) in [6.45, 7) is 6.40. The van der Waals surface area contributed by atoms with E-state index in [0.29, 0.717) is 12.0 Å². The number of hydrogen-bond acceptors (Lipinski definition) is 4. The van der Waals surface area contributed by atoms with Gasteiger partial charge in [0.15, 0.2) is 0 Å². The third-order valence-electron chi connectivity index (χ3n) is 4.14. The Kier molecular flexibility index (Phi) is 4.32. The van der Waals surface area contributed by atoms with Crippen LogP contribution in [0.2, 0.25) is 0 Å². The molecular weight excluding hydrogens is 240 g/mol. The molecule has 4 heteroatoms. The average Bonchev–Trinajstić information content (AvgIpc) is 2.77. The molecule has 0 aliphatic carbocycles. The number of hydrogen-bond donors (Lipinski definition) is 1. The highest BCUT2D eigenvalue weighted by Crippen LogP contribution is 2.34. The van der Waals surface area contributed by atoms with E-state index in [2.05, 4.69) is 24.8 Å². The van der Waals surface area contributed by atoms with Crippen molar-refractivity contribution in [2.45, 2.75) is 25.9 Å². The van der Waals surface area contributed by atoms with E-state index in [9.17, 15) is 0 Å². The first-order chi connectivity index (χ1) is 9.06. The molecule has 0 bridgehead atoms. The summed E-state index contributed by atoms with van der Waals surface area (Å²) in [4.78, 5) is 2.42. The predicted octanol–water partition coefficient (Wildman–Crippen LogP) is 2.04. The maximum absolute atomic E-state index is 6.11. The second-order valence-electron chi connectivity index (χ2n) is 5.38. The van der Waals surface area contributed by atoms with Gasteiger partial charge in [-0.25, -0.2) is 0 Å². The van der Waals surface area contributed by atoms with Gasteiger partial charge in [-0.2, -0.15) is 0 Å². The highest BCUT2D eigenvalue weighted by molar-refractivity contribution is 5.42. The van der Waals surface area contributed by atoms with Crippen molar-refractivity contribution in [3.8, 4) is 11.5 Å². The van der Waals surface area contributed by atoms with Crippen molar-refractivity contribution in [1.82, 2.24) is 4.90 Å². The van der Waals surface area contributed by atoms with E-state index in [1.54, 1.807) is 14.2 Å². The van der Waals surface area contributed by atoms with Gasteiger partial charge in [0.25, 0.3) is 0 Å². The van der Waals surface area contributed by atoms with Crippen LogP contribution in [0.15, 0.2) is 18.2 Å². The van der Waals surface area contributed by atoms with Crippen LogP contribution in [0.1, 0.15) is 25.5 Å². The summed E-state index contributed by atoms with van der Waals surface area (Å²) in [6, 6.07) is 6.57. The largest absolute Gasteiger partial charge is 0.497 e. The van der Waals surface area contributed by atoms with E-state index in [-0.39, 0.29) is 6.04 Å².